The number of ketones is 2. The Kier molecular flexibility index (Phi) is 7.14. The summed E-state index contributed by atoms with van der Waals surface area (Å²) in [5, 5.41) is 31.8. The largest absolute Gasteiger partial charge is 0.393 e. The van der Waals surface area contributed by atoms with Gasteiger partial charge in [-0.3, -0.25) is 9.59 Å². The Morgan fingerprint density at radius 3 is 2.41 bits per heavy atom. The molecule has 1 saturated heterocycles. The molecule has 1 heterocycles. The van der Waals surface area contributed by atoms with Crippen molar-refractivity contribution in [3.63, 3.8) is 0 Å². The van der Waals surface area contributed by atoms with Gasteiger partial charge in [-0.05, 0) is 79.7 Å². The molecule has 2 aromatic rings. The van der Waals surface area contributed by atoms with Crippen LogP contribution in [0.5, 0.6) is 0 Å². The molecule has 7 nitrogen and oxygen atoms in total. The number of carbonyl (C=O) groups excluding carboxylic acids is 2. The highest BCUT2D eigenvalue weighted by Gasteiger charge is 2.75. The second kappa shape index (κ2) is 10.6. The van der Waals surface area contributed by atoms with Crippen molar-refractivity contribution in [2.24, 2.45) is 28.6 Å². The zero-order valence-electron chi connectivity index (χ0n) is 25.6. The van der Waals surface area contributed by atoms with E-state index in [9.17, 15) is 24.9 Å². The lowest BCUT2D eigenvalue weighted by atomic mass is 9.46. The minimum atomic E-state index is -1.36. The van der Waals surface area contributed by atoms with Crippen molar-refractivity contribution in [1.29, 1.82) is 0 Å². The molecule has 3 N–H and O–H groups in total. The lowest BCUT2D eigenvalue weighted by Crippen LogP contribution is -2.63. The normalized spacial score (nSPS) is 39.6. The summed E-state index contributed by atoms with van der Waals surface area (Å²) in [6, 6.07) is 16.0. The SMILES string of the molecule is C[C@H](O)c1ccc(Cc2ccc([C@@H]3O[C@@H]4C[C@H]5[C@@H]6CCC7=CC(=O)C=C[C@]7(C)[C@H]6[C@@H](O)C[C@]5(C)[C@]4(C(=O)CO)O3)cc2)cc1. The number of ether oxygens (including phenoxy) is 2. The molecular weight excluding hydrogens is 556 g/mol. The molecule has 4 fully saturated rings. The van der Waals surface area contributed by atoms with E-state index < -0.39 is 47.6 Å². The van der Waals surface area contributed by atoms with Crippen LogP contribution in [0.4, 0.5) is 0 Å². The standard InChI is InChI=1S/C37H42O7/c1-21(39)24-8-4-22(5-9-24)16-23-6-10-25(11-7-23)34-43-32-18-29-28-13-12-26-17-27(40)14-15-35(26,2)33(28)30(41)19-36(29,3)37(32,44-34)31(42)20-38/h4-11,14-15,17,21,28-30,32-34,38-39,41H,12-13,16,18-20H2,1-3H3/t21-,28-,29-,30-,32+,33+,34+,35-,36-,37+/m0/s1. The van der Waals surface area contributed by atoms with E-state index in [0.717, 1.165) is 47.1 Å². The van der Waals surface area contributed by atoms with Crippen molar-refractivity contribution < 1.29 is 34.4 Å². The van der Waals surface area contributed by atoms with Crippen molar-refractivity contribution in [2.75, 3.05) is 6.61 Å². The van der Waals surface area contributed by atoms with Gasteiger partial charge in [-0.1, -0.05) is 74.0 Å². The van der Waals surface area contributed by atoms with Crippen LogP contribution in [0, 0.1) is 28.6 Å². The first kappa shape index (κ1) is 29.8. The fraction of sp³-hybridized carbons (Fsp3) is 0.514. The summed E-state index contributed by atoms with van der Waals surface area (Å²) in [7, 11) is 0. The smallest absolute Gasteiger partial charge is 0.193 e. The lowest BCUT2D eigenvalue weighted by molar-refractivity contribution is -0.201. The highest BCUT2D eigenvalue weighted by molar-refractivity contribution is 6.01. The molecule has 1 aliphatic heterocycles. The Labute approximate surface area is 258 Å². The van der Waals surface area contributed by atoms with Crippen LogP contribution in [0.1, 0.15) is 81.1 Å². The maximum Gasteiger partial charge on any atom is 0.193 e. The van der Waals surface area contributed by atoms with Crippen molar-refractivity contribution in [2.45, 2.75) is 83.1 Å². The lowest BCUT2D eigenvalue weighted by Gasteiger charge is -2.59. The number of hydrogen-bond donors (Lipinski definition) is 3. The van der Waals surface area contributed by atoms with Crippen LogP contribution >= 0.6 is 0 Å². The van der Waals surface area contributed by atoms with E-state index in [4.69, 9.17) is 9.47 Å². The molecule has 0 spiro atoms. The molecule has 7 rings (SSSR count). The summed E-state index contributed by atoms with van der Waals surface area (Å²) in [4.78, 5) is 25.9. The van der Waals surface area contributed by atoms with E-state index in [-0.39, 0.29) is 29.3 Å². The molecule has 0 unspecified atom stereocenters. The highest BCUT2D eigenvalue weighted by Crippen LogP contribution is 2.70. The fourth-order valence-electron chi connectivity index (χ4n) is 9.78. The van der Waals surface area contributed by atoms with Gasteiger partial charge in [-0.2, -0.15) is 0 Å². The number of fused-ring (bicyclic) bond motifs is 7. The Morgan fingerprint density at radius 2 is 1.75 bits per heavy atom. The Morgan fingerprint density at radius 1 is 1.07 bits per heavy atom. The predicted molar refractivity (Wildman–Crippen MR) is 163 cm³/mol. The van der Waals surface area contributed by atoms with E-state index in [2.05, 4.69) is 13.8 Å². The third-order valence-corrected chi connectivity index (χ3v) is 11.9. The zero-order valence-corrected chi connectivity index (χ0v) is 25.6. The molecule has 232 valence electrons. The second-order valence-corrected chi connectivity index (χ2v) is 14.2. The van der Waals surface area contributed by atoms with Gasteiger partial charge in [0.2, 0.25) is 0 Å². The van der Waals surface area contributed by atoms with Crippen LogP contribution in [-0.2, 0) is 25.5 Å². The minimum Gasteiger partial charge on any atom is -0.393 e. The molecule has 4 aliphatic carbocycles. The molecule has 10 atom stereocenters. The van der Waals surface area contributed by atoms with E-state index in [0.29, 0.717) is 12.8 Å². The third-order valence-electron chi connectivity index (χ3n) is 11.9. The van der Waals surface area contributed by atoms with Gasteiger partial charge in [-0.25, -0.2) is 0 Å². The van der Waals surface area contributed by atoms with Crippen LogP contribution in [0.3, 0.4) is 0 Å². The summed E-state index contributed by atoms with van der Waals surface area (Å²) < 4.78 is 13.3. The van der Waals surface area contributed by atoms with Crippen LogP contribution in [0.2, 0.25) is 0 Å². The number of Topliss-reactive ketones (excluding diaryl/α,β-unsaturated/α-hetero) is 1. The number of aliphatic hydroxyl groups excluding tert-OH is 3. The van der Waals surface area contributed by atoms with E-state index in [1.54, 1.807) is 19.1 Å². The monoisotopic (exact) mass is 598 g/mol. The molecule has 5 aliphatic rings. The van der Waals surface area contributed by atoms with Gasteiger partial charge in [0.1, 0.15) is 6.61 Å². The third kappa shape index (κ3) is 4.27. The quantitative estimate of drug-likeness (QED) is 0.432. The number of rotatable bonds is 6. The van der Waals surface area contributed by atoms with E-state index in [1.807, 2.05) is 54.6 Å². The summed E-state index contributed by atoms with van der Waals surface area (Å²) >= 11 is 0. The van der Waals surface area contributed by atoms with Crippen molar-refractivity contribution in [3.05, 3.63) is 94.6 Å². The van der Waals surface area contributed by atoms with Crippen molar-refractivity contribution in [1.82, 2.24) is 0 Å². The number of carbonyl (C=O) groups is 2. The molecule has 0 bridgehead atoms. The van der Waals surface area contributed by atoms with Gasteiger partial charge in [-0.15, -0.1) is 0 Å². The van der Waals surface area contributed by atoms with Crippen LogP contribution in [-0.4, -0.2) is 51.3 Å². The Balaban J connectivity index is 1.15. The van der Waals surface area contributed by atoms with E-state index in [1.165, 1.54) is 0 Å². The molecule has 44 heavy (non-hydrogen) atoms. The molecule has 0 amide bonds. The average molecular weight is 599 g/mol. The van der Waals surface area contributed by atoms with Gasteiger partial charge >= 0.3 is 0 Å². The maximum absolute atomic E-state index is 13.8. The zero-order chi connectivity index (χ0) is 31.0. The fourth-order valence-corrected chi connectivity index (χ4v) is 9.78. The molecular formula is C37H42O7. The molecule has 2 aromatic carbocycles. The minimum absolute atomic E-state index is 0.00111. The number of hydrogen-bond acceptors (Lipinski definition) is 7. The van der Waals surface area contributed by atoms with Crippen LogP contribution < -0.4 is 0 Å². The molecule has 0 aromatic heterocycles. The summed E-state index contributed by atoms with van der Waals surface area (Å²) in [6.07, 6.45) is 6.17. The summed E-state index contributed by atoms with van der Waals surface area (Å²) in [5.74, 6) is -0.275. The van der Waals surface area contributed by atoms with Crippen molar-refractivity contribution >= 4 is 11.6 Å². The van der Waals surface area contributed by atoms with Crippen LogP contribution in [0.15, 0.2) is 72.3 Å². The highest BCUT2D eigenvalue weighted by atomic mass is 16.7. The number of aliphatic hydroxyl groups is 3. The van der Waals surface area contributed by atoms with Crippen molar-refractivity contribution in [3.8, 4) is 0 Å². The predicted octanol–water partition coefficient (Wildman–Crippen LogP) is 4.93. The molecule has 3 saturated carbocycles. The number of benzene rings is 2. The Hall–Kier alpha value is -2.94. The Bertz CT molecular complexity index is 1520. The van der Waals surface area contributed by atoms with Crippen LogP contribution in [0.25, 0.3) is 0 Å². The maximum atomic E-state index is 13.8. The second-order valence-electron chi connectivity index (χ2n) is 14.2. The van der Waals surface area contributed by atoms with Gasteiger partial charge in [0.25, 0.3) is 0 Å². The topological polar surface area (TPSA) is 113 Å². The summed E-state index contributed by atoms with van der Waals surface area (Å²) in [5.41, 5.74) is 2.54. The van der Waals surface area contributed by atoms with Gasteiger partial charge < -0.3 is 24.8 Å². The first-order valence-electron chi connectivity index (χ1n) is 16.0. The number of allylic oxidation sites excluding steroid dienone is 4. The average Bonchev–Trinajstić information content (AvgIpc) is 3.50. The van der Waals surface area contributed by atoms with Gasteiger partial charge in [0, 0.05) is 22.3 Å². The molecule has 7 heteroatoms. The first-order valence-corrected chi connectivity index (χ1v) is 16.0. The van der Waals surface area contributed by atoms with E-state index >= 15 is 0 Å². The first-order chi connectivity index (χ1) is 21.0. The van der Waals surface area contributed by atoms with Gasteiger partial charge in [0.05, 0.1) is 18.3 Å². The molecule has 0 radical (unpaired) electrons. The summed E-state index contributed by atoms with van der Waals surface area (Å²) in [6.45, 7) is 5.28. The van der Waals surface area contributed by atoms with Gasteiger partial charge in [0.15, 0.2) is 23.5 Å².